The summed E-state index contributed by atoms with van der Waals surface area (Å²) in [5.41, 5.74) is 0. The second-order valence-corrected chi connectivity index (χ2v) is 5.84. The van der Waals surface area contributed by atoms with E-state index in [4.69, 9.17) is 0 Å². The van der Waals surface area contributed by atoms with Crippen LogP contribution in [-0.2, 0) is 0 Å². The van der Waals surface area contributed by atoms with Crippen molar-refractivity contribution in [3.8, 4) is 0 Å². The van der Waals surface area contributed by atoms with Crippen LogP contribution in [0, 0.1) is 23.7 Å². The number of likely N-dealkylation sites (N-methyl/N-ethyl adjacent to an activating group) is 1. The van der Waals surface area contributed by atoms with Gasteiger partial charge in [-0.25, -0.2) is 0 Å². The number of fused-ring (bicyclic) bond motifs is 2. The van der Waals surface area contributed by atoms with Crippen LogP contribution in [-0.4, -0.2) is 36.2 Å². The zero-order valence-electron chi connectivity index (χ0n) is 9.19. The predicted molar refractivity (Wildman–Crippen MR) is 55.9 cm³/mol. The second-order valence-electron chi connectivity index (χ2n) is 5.84. The summed E-state index contributed by atoms with van der Waals surface area (Å²) < 4.78 is 0. The highest BCUT2D eigenvalue weighted by atomic mass is 16.3. The fourth-order valence-electron chi connectivity index (χ4n) is 4.56. The maximum Gasteiger partial charge on any atom is 0.0728 e. The molecule has 80 valence electrons. The highest BCUT2D eigenvalue weighted by Crippen LogP contribution is 2.56. The van der Waals surface area contributed by atoms with Crippen molar-refractivity contribution in [1.82, 2.24) is 4.90 Å². The monoisotopic (exact) mass is 195 g/mol. The number of hydrogen-bond donors (Lipinski definition) is 1. The third-order valence-electron chi connectivity index (χ3n) is 5.09. The molecule has 0 unspecified atom stereocenters. The van der Waals surface area contributed by atoms with Crippen molar-refractivity contribution >= 4 is 0 Å². The molecule has 1 N–H and O–H groups in total. The largest absolute Gasteiger partial charge is 0.391 e. The van der Waals surface area contributed by atoms with E-state index in [1.54, 1.807) is 0 Å². The summed E-state index contributed by atoms with van der Waals surface area (Å²) >= 11 is 0. The van der Waals surface area contributed by atoms with Gasteiger partial charge in [0.05, 0.1) is 6.10 Å². The molecule has 0 aromatic carbocycles. The van der Waals surface area contributed by atoms with Crippen LogP contribution in [0.1, 0.15) is 25.7 Å². The van der Waals surface area contributed by atoms with Gasteiger partial charge in [-0.3, -0.25) is 0 Å². The molecule has 0 aromatic rings. The van der Waals surface area contributed by atoms with Gasteiger partial charge in [0.1, 0.15) is 0 Å². The fourth-order valence-corrected chi connectivity index (χ4v) is 4.56. The highest BCUT2D eigenvalue weighted by molar-refractivity contribution is 5.06. The van der Waals surface area contributed by atoms with Crippen molar-refractivity contribution in [3.05, 3.63) is 0 Å². The molecule has 0 heterocycles. The van der Waals surface area contributed by atoms with E-state index in [2.05, 4.69) is 19.0 Å². The summed E-state index contributed by atoms with van der Waals surface area (Å²) in [4.78, 5) is 2.26. The minimum atomic E-state index is -0.0368. The van der Waals surface area contributed by atoms with Gasteiger partial charge >= 0.3 is 0 Å². The van der Waals surface area contributed by atoms with Crippen molar-refractivity contribution in [2.45, 2.75) is 37.8 Å². The third kappa shape index (κ3) is 1.04. The van der Waals surface area contributed by atoms with Gasteiger partial charge in [-0.15, -0.1) is 0 Å². The first-order valence-corrected chi connectivity index (χ1v) is 6.03. The molecule has 5 aliphatic carbocycles. The van der Waals surface area contributed by atoms with Crippen molar-refractivity contribution in [3.63, 3.8) is 0 Å². The van der Waals surface area contributed by atoms with E-state index in [1.165, 1.54) is 25.7 Å². The van der Waals surface area contributed by atoms with Crippen LogP contribution in [0.15, 0.2) is 0 Å². The molecule has 5 saturated carbocycles. The first kappa shape index (κ1) is 9.17. The van der Waals surface area contributed by atoms with Gasteiger partial charge in [0.2, 0.25) is 0 Å². The van der Waals surface area contributed by atoms with E-state index in [0.717, 1.165) is 17.8 Å². The van der Waals surface area contributed by atoms with Crippen LogP contribution in [0.2, 0.25) is 0 Å². The molecular formula is C12H21NO. The molecule has 0 saturated heterocycles. The molecule has 6 atom stereocenters. The average molecular weight is 195 g/mol. The standard InChI is InChI=1S/C12H21NO/c1-13(2)11-9-5-8-4-3-7(9)6-10(8)12(11)14/h7-12,14H,3-6H2,1-2H3/t7-,8-,9-,10-,11+,12-/m1/s1. The molecule has 5 aliphatic rings. The molecule has 2 heteroatoms. The van der Waals surface area contributed by atoms with Gasteiger partial charge < -0.3 is 10.0 Å². The molecular weight excluding hydrogens is 174 g/mol. The van der Waals surface area contributed by atoms with Crippen LogP contribution in [0.25, 0.3) is 0 Å². The molecule has 14 heavy (non-hydrogen) atoms. The van der Waals surface area contributed by atoms with E-state index in [-0.39, 0.29) is 6.10 Å². The van der Waals surface area contributed by atoms with Crippen LogP contribution in [0.5, 0.6) is 0 Å². The molecule has 4 bridgehead atoms. The number of aliphatic hydroxyl groups excluding tert-OH is 1. The van der Waals surface area contributed by atoms with Crippen molar-refractivity contribution in [2.24, 2.45) is 23.7 Å². The molecule has 5 rings (SSSR count). The Labute approximate surface area is 86.3 Å². The average Bonchev–Trinajstić information content (AvgIpc) is 2.17. The smallest absolute Gasteiger partial charge is 0.0728 e. The Morgan fingerprint density at radius 3 is 2.07 bits per heavy atom. The van der Waals surface area contributed by atoms with E-state index >= 15 is 0 Å². The lowest BCUT2D eigenvalue weighted by Gasteiger charge is -2.60. The highest BCUT2D eigenvalue weighted by Gasteiger charge is 2.55. The first-order valence-electron chi connectivity index (χ1n) is 6.03. The Balaban J connectivity index is 1.91. The quantitative estimate of drug-likeness (QED) is 0.682. The van der Waals surface area contributed by atoms with E-state index in [0.29, 0.717) is 12.0 Å². The second kappa shape index (κ2) is 2.96. The summed E-state index contributed by atoms with van der Waals surface area (Å²) in [5.74, 6) is 3.21. The summed E-state index contributed by atoms with van der Waals surface area (Å²) in [6.07, 6.45) is 5.51. The van der Waals surface area contributed by atoms with Gasteiger partial charge in [0.25, 0.3) is 0 Å². The zero-order valence-corrected chi connectivity index (χ0v) is 9.19. The Morgan fingerprint density at radius 2 is 1.57 bits per heavy atom. The van der Waals surface area contributed by atoms with Crippen molar-refractivity contribution < 1.29 is 5.11 Å². The Bertz CT molecular complexity index is 240. The third-order valence-corrected chi connectivity index (χ3v) is 5.09. The molecule has 2 nitrogen and oxygen atoms in total. The lowest BCUT2D eigenvalue weighted by molar-refractivity contribution is -0.149. The van der Waals surface area contributed by atoms with Gasteiger partial charge in [-0.05, 0) is 63.5 Å². The molecule has 0 spiro atoms. The normalized spacial score (nSPS) is 55.7. The summed E-state index contributed by atoms with van der Waals surface area (Å²) in [5, 5.41) is 10.3. The van der Waals surface area contributed by atoms with E-state index in [1.807, 2.05) is 0 Å². The van der Waals surface area contributed by atoms with Crippen molar-refractivity contribution in [2.75, 3.05) is 14.1 Å². The van der Waals surface area contributed by atoms with Gasteiger partial charge in [0.15, 0.2) is 0 Å². The van der Waals surface area contributed by atoms with Crippen LogP contribution < -0.4 is 0 Å². The van der Waals surface area contributed by atoms with Gasteiger partial charge in [-0.1, -0.05) is 0 Å². The SMILES string of the molecule is CN(C)[C@@H]1[C@H](O)[C@@H]2C[C@H]3CC[C@@H]2C[C@H]31. The minimum absolute atomic E-state index is 0.0368. The molecule has 5 fully saturated rings. The Morgan fingerprint density at radius 1 is 1.00 bits per heavy atom. The number of rotatable bonds is 1. The molecule has 0 aromatic heterocycles. The van der Waals surface area contributed by atoms with Gasteiger partial charge in [0, 0.05) is 6.04 Å². The van der Waals surface area contributed by atoms with Crippen LogP contribution >= 0.6 is 0 Å². The number of aliphatic hydroxyl groups is 1. The molecule has 0 amide bonds. The minimum Gasteiger partial charge on any atom is -0.391 e. The zero-order chi connectivity index (χ0) is 9.87. The summed E-state index contributed by atoms with van der Waals surface area (Å²) in [6.45, 7) is 0. The molecule has 0 radical (unpaired) electrons. The van der Waals surface area contributed by atoms with E-state index < -0.39 is 0 Å². The van der Waals surface area contributed by atoms with Crippen molar-refractivity contribution in [1.29, 1.82) is 0 Å². The van der Waals surface area contributed by atoms with E-state index in [9.17, 15) is 5.11 Å². The Kier molecular flexibility index (Phi) is 1.94. The summed E-state index contributed by atoms with van der Waals surface area (Å²) in [6, 6.07) is 0.454. The lowest BCUT2D eigenvalue weighted by atomic mass is 9.50. The fraction of sp³-hybridized carbons (Fsp3) is 1.00. The predicted octanol–water partition coefficient (Wildman–Crippen LogP) is 1.34. The van der Waals surface area contributed by atoms with Crippen LogP contribution in [0.4, 0.5) is 0 Å². The first-order chi connectivity index (χ1) is 6.68. The maximum atomic E-state index is 10.3. The Hall–Kier alpha value is -0.0800. The number of nitrogens with zero attached hydrogens (tertiary/aromatic N) is 1. The van der Waals surface area contributed by atoms with Crippen LogP contribution in [0.3, 0.4) is 0 Å². The topological polar surface area (TPSA) is 23.5 Å². The summed E-state index contributed by atoms with van der Waals surface area (Å²) in [7, 11) is 4.25. The number of hydrogen-bond acceptors (Lipinski definition) is 2. The lowest BCUT2D eigenvalue weighted by Crippen LogP contribution is -2.62. The van der Waals surface area contributed by atoms with Gasteiger partial charge in [-0.2, -0.15) is 0 Å². The molecule has 0 aliphatic heterocycles. The maximum absolute atomic E-state index is 10.3.